The molecule has 6 heteroatoms. The predicted octanol–water partition coefficient (Wildman–Crippen LogP) is 2.55. The summed E-state index contributed by atoms with van der Waals surface area (Å²) in [6.45, 7) is 10.4. The second kappa shape index (κ2) is 7.14. The van der Waals surface area contributed by atoms with E-state index in [1.165, 1.54) is 6.92 Å². The predicted molar refractivity (Wildman–Crippen MR) is 68.2 cm³/mol. The molecule has 0 bridgehead atoms. The molecule has 0 aromatic heterocycles. The zero-order valence-corrected chi connectivity index (χ0v) is 12.4. The Morgan fingerprint density at radius 3 is 1.82 bits per heavy atom. The first-order chi connectivity index (χ1) is 7.64. The SMILES string of the molecule is CC(=O)N[C@H](C)CP(=O)(OC(C)C)OC(C)C. The zero-order chi connectivity index (χ0) is 13.6. The number of hydrogen-bond donors (Lipinski definition) is 1. The molecule has 0 aliphatic heterocycles. The van der Waals surface area contributed by atoms with Crippen molar-refractivity contribution in [3.05, 3.63) is 0 Å². The molecular formula is C11H24NO4P. The van der Waals surface area contributed by atoms with Gasteiger partial charge in [0.05, 0.1) is 18.4 Å². The maximum atomic E-state index is 12.4. The molecule has 0 rings (SSSR count). The monoisotopic (exact) mass is 265 g/mol. The van der Waals surface area contributed by atoms with E-state index >= 15 is 0 Å². The molecule has 17 heavy (non-hydrogen) atoms. The van der Waals surface area contributed by atoms with E-state index in [1.807, 2.05) is 0 Å². The molecule has 0 fully saturated rings. The largest absolute Gasteiger partial charge is 0.353 e. The van der Waals surface area contributed by atoms with Crippen LogP contribution in [-0.2, 0) is 18.4 Å². The van der Waals surface area contributed by atoms with Gasteiger partial charge in [-0.25, -0.2) is 0 Å². The van der Waals surface area contributed by atoms with Crippen LogP contribution in [-0.4, -0.2) is 30.3 Å². The Balaban J connectivity index is 4.58. The minimum atomic E-state index is -3.16. The standard InChI is InChI=1S/C11H24NO4P/c1-8(2)15-17(14,16-9(3)4)7-10(5)12-11(6)13/h8-10H,7H2,1-6H3,(H,12,13)/t10-/m1/s1. The summed E-state index contributed by atoms with van der Waals surface area (Å²) in [5.74, 6) is -0.154. The van der Waals surface area contributed by atoms with Crippen LogP contribution >= 0.6 is 7.60 Å². The second-order valence-corrected chi connectivity index (χ2v) is 6.71. The molecule has 1 atom stereocenters. The van der Waals surface area contributed by atoms with Crippen LogP contribution in [0.3, 0.4) is 0 Å². The molecule has 0 spiro atoms. The highest BCUT2D eigenvalue weighted by atomic mass is 31.2. The molecule has 0 radical (unpaired) electrons. The molecule has 0 saturated carbocycles. The lowest BCUT2D eigenvalue weighted by molar-refractivity contribution is -0.119. The van der Waals surface area contributed by atoms with E-state index in [-0.39, 0.29) is 30.3 Å². The van der Waals surface area contributed by atoms with Crippen molar-refractivity contribution in [2.75, 3.05) is 6.16 Å². The maximum Gasteiger partial charge on any atom is 0.333 e. The molecule has 0 aromatic rings. The Labute approximate surface area is 104 Å². The average Bonchev–Trinajstić information content (AvgIpc) is 1.95. The lowest BCUT2D eigenvalue weighted by atomic mass is 10.4. The van der Waals surface area contributed by atoms with Crippen molar-refractivity contribution in [2.45, 2.75) is 59.8 Å². The molecule has 0 aliphatic carbocycles. The van der Waals surface area contributed by atoms with Crippen LogP contribution in [0.4, 0.5) is 0 Å². The van der Waals surface area contributed by atoms with Crippen molar-refractivity contribution in [3.63, 3.8) is 0 Å². The molecule has 1 amide bonds. The fourth-order valence-electron chi connectivity index (χ4n) is 1.48. The Hall–Kier alpha value is -0.380. The minimum Gasteiger partial charge on any atom is -0.353 e. The van der Waals surface area contributed by atoms with Gasteiger partial charge in [-0.3, -0.25) is 9.36 Å². The van der Waals surface area contributed by atoms with Gasteiger partial charge >= 0.3 is 7.60 Å². The fourth-order valence-corrected chi connectivity index (χ4v) is 3.75. The van der Waals surface area contributed by atoms with E-state index in [1.54, 1.807) is 34.6 Å². The van der Waals surface area contributed by atoms with Crippen LogP contribution in [0, 0.1) is 0 Å². The molecule has 102 valence electrons. The van der Waals surface area contributed by atoms with E-state index in [4.69, 9.17) is 9.05 Å². The van der Waals surface area contributed by atoms with Crippen molar-refractivity contribution in [3.8, 4) is 0 Å². The molecule has 0 saturated heterocycles. The number of nitrogens with one attached hydrogen (secondary N) is 1. The van der Waals surface area contributed by atoms with Crippen LogP contribution in [0.25, 0.3) is 0 Å². The van der Waals surface area contributed by atoms with Crippen LogP contribution in [0.15, 0.2) is 0 Å². The van der Waals surface area contributed by atoms with Gasteiger partial charge in [0.1, 0.15) is 0 Å². The fraction of sp³-hybridized carbons (Fsp3) is 0.909. The van der Waals surface area contributed by atoms with Gasteiger partial charge in [-0.15, -0.1) is 0 Å². The van der Waals surface area contributed by atoms with Crippen molar-refractivity contribution in [1.29, 1.82) is 0 Å². The smallest absolute Gasteiger partial charge is 0.333 e. The quantitative estimate of drug-likeness (QED) is 0.718. The second-order valence-electron chi connectivity index (χ2n) is 4.70. The summed E-state index contributed by atoms with van der Waals surface area (Å²) in [5.41, 5.74) is 0. The number of hydrogen-bond acceptors (Lipinski definition) is 4. The Bertz CT molecular complexity index is 277. The van der Waals surface area contributed by atoms with Gasteiger partial charge in [-0.05, 0) is 34.6 Å². The first-order valence-electron chi connectivity index (χ1n) is 5.87. The topological polar surface area (TPSA) is 64.6 Å². The van der Waals surface area contributed by atoms with Crippen molar-refractivity contribution >= 4 is 13.5 Å². The number of carbonyl (C=O) groups is 1. The van der Waals surface area contributed by atoms with Crippen LogP contribution in [0.2, 0.25) is 0 Å². The van der Waals surface area contributed by atoms with Crippen molar-refractivity contribution in [2.24, 2.45) is 0 Å². The summed E-state index contributed by atoms with van der Waals surface area (Å²) < 4.78 is 23.2. The van der Waals surface area contributed by atoms with Crippen molar-refractivity contribution in [1.82, 2.24) is 5.32 Å². The Kier molecular flexibility index (Phi) is 6.98. The Morgan fingerprint density at radius 2 is 1.53 bits per heavy atom. The van der Waals surface area contributed by atoms with Crippen LogP contribution in [0.5, 0.6) is 0 Å². The number of amides is 1. The highest BCUT2D eigenvalue weighted by Gasteiger charge is 2.30. The van der Waals surface area contributed by atoms with Gasteiger partial charge in [-0.2, -0.15) is 0 Å². The van der Waals surface area contributed by atoms with Gasteiger partial charge in [0.15, 0.2) is 0 Å². The number of rotatable bonds is 7. The summed E-state index contributed by atoms with van der Waals surface area (Å²) in [7, 11) is -3.16. The molecule has 5 nitrogen and oxygen atoms in total. The number of carbonyl (C=O) groups excluding carboxylic acids is 1. The van der Waals surface area contributed by atoms with E-state index in [0.29, 0.717) is 0 Å². The van der Waals surface area contributed by atoms with Crippen LogP contribution < -0.4 is 5.32 Å². The molecular weight excluding hydrogens is 241 g/mol. The van der Waals surface area contributed by atoms with Gasteiger partial charge in [0.2, 0.25) is 5.91 Å². The van der Waals surface area contributed by atoms with E-state index in [0.717, 1.165) is 0 Å². The molecule has 0 heterocycles. The van der Waals surface area contributed by atoms with E-state index in [2.05, 4.69) is 5.32 Å². The normalized spacial score (nSPS) is 14.1. The highest BCUT2D eigenvalue weighted by Crippen LogP contribution is 2.50. The third-order valence-electron chi connectivity index (χ3n) is 1.69. The lowest BCUT2D eigenvalue weighted by Gasteiger charge is -2.25. The molecule has 0 aliphatic rings. The summed E-state index contributed by atoms with van der Waals surface area (Å²) in [6.07, 6.45) is -0.170. The van der Waals surface area contributed by atoms with Crippen molar-refractivity contribution < 1.29 is 18.4 Å². The third kappa shape index (κ3) is 8.36. The summed E-state index contributed by atoms with van der Waals surface area (Å²) in [4.78, 5) is 10.9. The summed E-state index contributed by atoms with van der Waals surface area (Å²) in [5, 5.41) is 2.67. The molecule has 0 unspecified atom stereocenters. The maximum absolute atomic E-state index is 12.4. The molecule has 1 N–H and O–H groups in total. The van der Waals surface area contributed by atoms with Gasteiger partial charge in [-0.1, -0.05) is 0 Å². The first-order valence-corrected chi connectivity index (χ1v) is 7.60. The Morgan fingerprint density at radius 1 is 1.12 bits per heavy atom. The van der Waals surface area contributed by atoms with Gasteiger partial charge in [0.25, 0.3) is 0 Å². The average molecular weight is 265 g/mol. The summed E-state index contributed by atoms with van der Waals surface area (Å²) in [6, 6.07) is -0.240. The highest BCUT2D eigenvalue weighted by molar-refractivity contribution is 7.53. The van der Waals surface area contributed by atoms with Crippen LogP contribution in [0.1, 0.15) is 41.5 Å². The minimum absolute atomic E-state index is 0.154. The van der Waals surface area contributed by atoms with Gasteiger partial charge < -0.3 is 14.4 Å². The first kappa shape index (κ1) is 16.6. The zero-order valence-electron chi connectivity index (χ0n) is 11.5. The van der Waals surface area contributed by atoms with E-state index < -0.39 is 7.60 Å². The van der Waals surface area contributed by atoms with E-state index in [9.17, 15) is 9.36 Å². The lowest BCUT2D eigenvalue weighted by Crippen LogP contribution is -2.34. The third-order valence-corrected chi connectivity index (χ3v) is 4.17. The molecule has 0 aromatic carbocycles. The van der Waals surface area contributed by atoms with Gasteiger partial charge in [0, 0.05) is 13.0 Å². The summed E-state index contributed by atoms with van der Waals surface area (Å²) >= 11 is 0.